The number of nitrogens with zero attached hydrogens (tertiary/aromatic N) is 1. The Labute approximate surface area is 103 Å². The van der Waals surface area contributed by atoms with Crippen LogP contribution >= 0.6 is 0 Å². The molecule has 0 aromatic heterocycles. The highest BCUT2D eigenvalue weighted by atomic mass is 16.5. The summed E-state index contributed by atoms with van der Waals surface area (Å²) in [6, 6.07) is 0.642. The lowest BCUT2D eigenvalue weighted by molar-refractivity contribution is -0.137. The van der Waals surface area contributed by atoms with E-state index in [2.05, 4.69) is 4.90 Å². The molecule has 2 aliphatic rings. The van der Waals surface area contributed by atoms with Gasteiger partial charge in [0, 0.05) is 19.0 Å². The molecule has 1 heterocycles. The fraction of sp³-hybridized carbons (Fsp3) is 0.923. The summed E-state index contributed by atoms with van der Waals surface area (Å²) in [7, 11) is 0. The summed E-state index contributed by atoms with van der Waals surface area (Å²) in [6.45, 7) is 3.04. The molecule has 0 aromatic rings. The fourth-order valence-electron chi connectivity index (χ4n) is 3.05. The minimum Gasteiger partial charge on any atom is -0.481 e. The van der Waals surface area contributed by atoms with Crippen molar-refractivity contribution < 1.29 is 14.6 Å². The van der Waals surface area contributed by atoms with Crippen LogP contribution in [0, 0.1) is 0 Å². The van der Waals surface area contributed by atoms with Gasteiger partial charge in [-0.1, -0.05) is 6.42 Å². The summed E-state index contributed by atoms with van der Waals surface area (Å²) in [5.74, 6) is -0.674. The Morgan fingerprint density at radius 1 is 1.29 bits per heavy atom. The maximum Gasteiger partial charge on any atom is 0.303 e. The van der Waals surface area contributed by atoms with Gasteiger partial charge in [0.1, 0.15) is 0 Å². The number of hydrogen-bond acceptors (Lipinski definition) is 3. The standard InChI is InChI=1S/C13H23NO3/c15-13(16)7-2-1-3-8-14-9-10-17-12-6-4-5-11(12)14/h11-12H,1-10H2,(H,15,16). The van der Waals surface area contributed by atoms with Gasteiger partial charge < -0.3 is 9.84 Å². The molecule has 0 amide bonds. The van der Waals surface area contributed by atoms with Crippen LogP contribution in [0.3, 0.4) is 0 Å². The third-order valence-electron chi connectivity index (χ3n) is 3.93. The first-order valence-corrected chi connectivity index (χ1v) is 6.85. The van der Waals surface area contributed by atoms with Gasteiger partial charge in [0.25, 0.3) is 0 Å². The van der Waals surface area contributed by atoms with Crippen molar-refractivity contribution in [2.24, 2.45) is 0 Å². The molecule has 4 nitrogen and oxygen atoms in total. The summed E-state index contributed by atoms with van der Waals surface area (Å²) in [4.78, 5) is 12.9. The lowest BCUT2D eigenvalue weighted by atomic mass is 10.1. The lowest BCUT2D eigenvalue weighted by Gasteiger charge is -2.37. The van der Waals surface area contributed by atoms with Crippen molar-refractivity contribution in [3.63, 3.8) is 0 Å². The first kappa shape index (κ1) is 12.8. The Hall–Kier alpha value is -0.610. The number of morpholine rings is 1. The predicted octanol–water partition coefficient (Wildman–Crippen LogP) is 1.88. The normalized spacial score (nSPS) is 29.2. The molecule has 1 saturated heterocycles. The number of fused-ring (bicyclic) bond motifs is 1. The molecule has 2 unspecified atom stereocenters. The van der Waals surface area contributed by atoms with Crippen LogP contribution in [0.5, 0.6) is 0 Å². The number of carbonyl (C=O) groups is 1. The van der Waals surface area contributed by atoms with Crippen LogP contribution in [0.2, 0.25) is 0 Å². The average Bonchev–Trinajstić information content (AvgIpc) is 2.77. The molecule has 98 valence electrons. The van der Waals surface area contributed by atoms with E-state index >= 15 is 0 Å². The van der Waals surface area contributed by atoms with E-state index < -0.39 is 5.97 Å². The van der Waals surface area contributed by atoms with Crippen molar-refractivity contribution in [1.29, 1.82) is 0 Å². The van der Waals surface area contributed by atoms with E-state index in [4.69, 9.17) is 9.84 Å². The number of aliphatic carboxylic acids is 1. The molecular formula is C13H23NO3. The summed E-state index contributed by atoms with van der Waals surface area (Å²) >= 11 is 0. The molecular weight excluding hydrogens is 218 g/mol. The summed E-state index contributed by atoms with van der Waals surface area (Å²) < 4.78 is 5.77. The monoisotopic (exact) mass is 241 g/mol. The lowest BCUT2D eigenvalue weighted by Crippen LogP contribution is -2.48. The predicted molar refractivity (Wildman–Crippen MR) is 65.1 cm³/mol. The van der Waals surface area contributed by atoms with Crippen LogP contribution in [0.25, 0.3) is 0 Å². The minimum absolute atomic E-state index is 0.315. The van der Waals surface area contributed by atoms with E-state index in [1.165, 1.54) is 19.3 Å². The van der Waals surface area contributed by atoms with Crippen LogP contribution in [-0.2, 0) is 9.53 Å². The molecule has 1 N–H and O–H groups in total. The van der Waals surface area contributed by atoms with Gasteiger partial charge in [0.2, 0.25) is 0 Å². The molecule has 2 rings (SSSR count). The van der Waals surface area contributed by atoms with Gasteiger partial charge in [-0.2, -0.15) is 0 Å². The summed E-state index contributed by atoms with van der Waals surface area (Å²) in [5.41, 5.74) is 0. The van der Waals surface area contributed by atoms with Crippen LogP contribution in [0.15, 0.2) is 0 Å². The van der Waals surface area contributed by atoms with Crippen molar-refractivity contribution in [3.8, 4) is 0 Å². The van der Waals surface area contributed by atoms with E-state index in [-0.39, 0.29) is 0 Å². The second kappa shape index (κ2) is 6.36. The van der Waals surface area contributed by atoms with Crippen molar-refractivity contribution in [2.45, 2.75) is 57.1 Å². The summed E-state index contributed by atoms with van der Waals surface area (Å²) in [6.07, 6.45) is 7.55. The van der Waals surface area contributed by atoms with Gasteiger partial charge in [0.15, 0.2) is 0 Å². The van der Waals surface area contributed by atoms with Crippen molar-refractivity contribution in [2.75, 3.05) is 19.7 Å². The van der Waals surface area contributed by atoms with E-state index in [9.17, 15) is 4.79 Å². The SMILES string of the molecule is O=C(O)CCCCCN1CCOC2CCCC21. The van der Waals surface area contributed by atoms with Gasteiger partial charge in [-0.05, 0) is 38.6 Å². The Morgan fingerprint density at radius 3 is 3.00 bits per heavy atom. The van der Waals surface area contributed by atoms with Gasteiger partial charge in [-0.3, -0.25) is 9.69 Å². The highest BCUT2D eigenvalue weighted by molar-refractivity contribution is 5.66. The number of ether oxygens (including phenoxy) is 1. The molecule has 17 heavy (non-hydrogen) atoms. The second-order valence-corrected chi connectivity index (χ2v) is 5.15. The molecule has 0 aromatic carbocycles. The molecule has 0 bridgehead atoms. The Balaban J connectivity index is 1.63. The zero-order chi connectivity index (χ0) is 12.1. The molecule has 1 saturated carbocycles. The Morgan fingerprint density at radius 2 is 2.18 bits per heavy atom. The molecule has 1 aliphatic heterocycles. The maximum absolute atomic E-state index is 10.4. The topological polar surface area (TPSA) is 49.8 Å². The van der Waals surface area contributed by atoms with E-state index in [1.807, 2.05) is 0 Å². The maximum atomic E-state index is 10.4. The largest absolute Gasteiger partial charge is 0.481 e. The van der Waals surface area contributed by atoms with Crippen molar-refractivity contribution in [1.82, 2.24) is 4.90 Å². The Kier molecular flexibility index (Phi) is 4.80. The van der Waals surface area contributed by atoms with E-state index in [0.717, 1.165) is 39.0 Å². The van der Waals surface area contributed by atoms with Gasteiger partial charge in [-0.25, -0.2) is 0 Å². The molecule has 0 spiro atoms. The number of unbranched alkanes of at least 4 members (excludes halogenated alkanes) is 2. The number of carboxylic acid groups (broad SMARTS) is 1. The molecule has 2 atom stereocenters. The molecule has 4 heteroatoms. The first-order valence-electron chi connectivity index (χ1n) is 6.85. The Bertz CT molecular complexity index is 257. The third-order valence-corrected chi connectivity index (χ3v) is 3.93. The first-order chi connectivity index (χ1) is 8.27. The third kappa shape index (κ3) is 3.68. The van der Waals surface area contributed by atoms with E-state index in [1.54, 1.807) is 0 Å². The summed E-state index contributed by atoms with van der Waals surface area (Å²) in [5, 5.41) is 8.56. The molecule has 2 fully saturated rings. The van der Waals surface area contributed by atoms with E-state index in [0.29, 0.717) is 18.6 Å². The van der Waals surface area contributed by atoms with Crippen LogP contribution in [0.4, 0.5) is 0 Å². The minimum atomic E-state index is -0.674. The quantitative estimate of drug-likeness (QED) is 0.721. The number of hydrogen-bond donors (Lipinski definition) is 1. The van der Waals surface area contributed by atoms with Gasteiger partial charge in [0.05, 0.1) is 12.7 Å². The van der Waals surface area contributed by atoms with Crippen molar-refractivity contribution >= 4 is 5.97 Å². The molecule has 0 radical (unpaired) electrons. The van der Waals surface area contributed by atoms with Crippen LogP contribution < -0.4 is 0 Å². The van der Waals surface area contributed by atoms with Crippen LogP contribution in [-0.4, -0.2) is 47.8 Å². The van der Waals surface area contributed by atoms with Gasteiger partial charge >= 0.3 is 5.97 Å². The average molecular weight is 241 g/mol. The molecule has 1 aliphatic carbocycles. The van der Waals surface area contributed by atoms with Gasteiger partial charge in [-0.15, -0.1) is 0 Å². The zero-order valence-corrected chi connectivity index (χ0v) is 10.4. The number of carboxylic acids is 1. The second-order valence-electron chi connectivity index (χ2n) is 5.15. The van der Waals surface area contributed by atoms with Crippen molar-refractivity contribution in [3.05, 3.63) is 0 Å². The number of rotatable bonds is 6. The zero-order valence-electron chi connectivity index (χ0n) is 10.4. The fourth-order valence-corrected chi connectivity index (χ4v) is 3.05. The smallest absolute Gasteiger partial charge is 0.303 e. The highest BCUT2D eigenvalue weighted by Gasteiger charge is 2.35. The highest BCUT2D eigenvalue weighted by Crippen LogP contribution is 2.29. The van der Waals surface area contributed by atoms with Crippen LogP contribution in [0.1, 0.15) is 44.9 Å².